The molecule has 1 amide bonds. The van der Waals surface area contributed by atoms with Crippen LogP contribution in [-0.4, -0.2) is 16.7 Å². The molecule has 0 aliphatic rings. The predicted molar refractivity (Wildman–Crippen MR) is 114 cm³/mol. The van der Waals surface area contributed by atoms with E-state index in [2.05, 4.69) is 88.8 Å². The Hall–Kier alpha value is -2.41. The van der Waals surface area contributed by atoms with Gasteiger partial charge in [-0.05, 0) is 85.3 Å². The first kappa shape index (κ1) is 18.4. The van der Waals surface area contributed by atoms with E-state index in [4.69, 9.17) is 0 Å². The molecule has 5 heteroatoms. The topological polar surface area (TPSA) is 46.4 Å². The number of hydrogen-bond donors (Lipinski definition) is 1. The van der Waals surface area contributed by atoms with Crippen LogP contribution in [0.15, 0.2) is 59.7 Å². The molecular formula is C21H20IN3O. The fourth-order valence-electron chi connectivity index (χ4n) is 2.94. The molecule has 1 heterocycles. The highest BCUT2D eigenvalue weighted by Gasteiger charge is 2.10. The van der Waals surface area contributed by atoms with Crippen molar-refractivity contribution in [1.29, 1.82) is 0 Å². The molecule has 0 aliphatic heterocycles. The molecule has 4 nitrogen and oxygen atoms in total. The maximum absolute atomic E-state index is 12.2. The van der Waals surface area contributed by atoms with Gasteiger partial charge in [0.15, 0.2) is 0 Å². The van der Waals surface area contributed by atoms with Crippen LogP contribution >= 0.6 is 22.6 Å². The van der Waals surface area contributed by atoms with Crippen molar-refractivity contribution in [2.24, 2.45) is 5.10 Å². The molecule has 1 aromatic heterocycles. The maximum atomic E-state index is 12.2. The van der Waals surface area contributed by atoms with Crippen LogP contribution in [0.25, 0.3) is 5.69 Å². The molecule has 26 heavy (non-hydrogen) atoms. The van der Waals surface area contributed by atoms with Crippen molar-refractivity contribution < 1.29 is 4.79 Å². The Morgan fingerprint density at radius 2 is 1.85 bits per heavy atom. The zero-order valence-corrected chi connectivity index (χ0v) is 17.1. The van der Waals surface area contributed by atoms with Gasteiger partial charge in [-0.15, -0.1) is 0 Å². The predicted octanol–water partition coefficient (Wildman–Crippen LogP) is 4.77. The molecule has 0 atom stereocenters. The van der Waals surface area contributed by atoms with Gasteiger partial charge in [-0.25, -0.2) is 5.43 Å². The van der Waals surface area contributed by atoms with Gasteiger partial charge < -0.3 is 4.57 Å². The zero-order valence-electron chi connectivity index (χ0n) is 15.0. The minimum Gasteiger partial charge on any atom is -0.318 e. The average molecular weight is 457 g/mol. The normalized spacial score (nSPS) is 11.1. The third-order valence-electron chi connectivity index (χ3n) is 4.19. The summed E-state index contributed by atoms with van der Waals surface area (Å²) in [5.41, 5.74) is 8.72. The van der Waals surface area contributed by atoms with E-state index in [1.54, 1.807) is 12.3 Å². The van der Waals surface area contributed by atoms with Gasteiger partial charge in [0, 0.05) is 31.8 Å². The molecule has 3 aromatic rings. The van der Waals surface area contributed by atoms with Crippen molar-refractivity contribution in [3.8, 4) is 5.69 Å². The van der Waals surface area contributed by atoms with Crippen molar-refractivity contribution >= 4 is 34.7 Å². The Morgan fingerprint density at radius 3 is 2.58 bits per heavy atom. The zero-order chi connectivity index (χ0) is 18.7. The van der Waals surface area contributed by atoms with Gasteiger partial charge in [-0.1, -0.05) is 18.2 Å². The van der Waals surface area contributed by atoms with Crippen molar-refractivity contribution in [2.75, 3.05) is 0 Å². The van der Waals surface area contributed by atoms with E-state index < -0.39 is 0 Å². The molecule has 0 aliphatic carbocycles. The largest absolute Gasteiger partial charge is 0.318 e. The molecule has 132 valence electrons. The van der Waals surface area contributed by atoms with E-state index in [0.29, 0.717) is 5.56 Å². The van der Waals surface area contributed by atoms with Gasteiger partial charge in [0.1, 0.15) is 0 Å². The molecule has 0 bridgehead atoms. The maximum Gasteiger partial charge on any atom is 0.271 e. The Bertz CT molecular complexity index is 989. The number of amides is 1. The lowest BCUT2D eigenvalue weighted by molar-refractivity contribution is 0.0955. The number of carbonyl (C=O) groups excluding carboxylic acids is 1. The fraction of sp³-hybridized carbons (Fsp3) is 0.143. The number of benzene rings is 2. The van der Waals surface area contributed by atoms with Crippen LogP contribution in [0.4, 0.5) is 0 Å². The number of hydrazone groups is 1. The highest BCUT2D eigenvalue weighted by molar-refractivity contribution is 14.1. The van der Waals surface area contributed by atoms with Crippen LogP contribution in [0, 0.1) is 24.3 Å². The lowest BCUT2D eigenvalue weighted by atomic mass is 10.2. The molecule has 0 radical (unpaired) electrons. The summed E-state index contributed by atoms with van der Waals surface area (Å²) in [6, 6.07) is 17.9. The van der Waals surface area contributed by atoms with Gasteiger partial charge in [0.2, 0.25) is 0 Å². The molecule has 0 spiro atoms. The number of rotatable bonds is 4. The number of nitrogens with one attached hydrogen (secondary N) is 1. The molecular weight excluding hydrogens is 437 g/mol. The number of carbonyl (C=O) groups is 1. The minimum absolute atomic E-state index is 0.216. The molecule has 2 aromatic carbocycles. The molecule has 0 saturated heterocycles. The molecule has 1 N–H and O–H groups in total. The first-order valence-electron chi connectivity index (χ1n) is 8.30. The highest BCUT2D eigenvalue weighted by atomic mass is 127. The summed E-state index contributed by atoms with van der Waals surface area (Å²) < 4.78 is 3.20. The van der Waals surface area contributed by atoms with Crippen LogP contribution < -0.4 is 5.43 Å². The number of hydrogen-bond acceptors (Lipinski definition) is 2. The van der Waals surface area contributed by atoms with Gasteiger partial charge >= 0.3 is 0 Å². The SMILES string of the molecule is Cc1cccc(-n2c(C)cc(/C=N\NC(=O)c3cccc(I)c3)c2C)c1. The third kappa shape index (κ3) is 4.04. The number of aryl methyl sites for hydroxylation is 2. The second-order valence-electron chi connectivity index (χ2n) is 6.21. The second kappa shape index (κ2) is 7.86. The summed E-state index contributed by atoms with van der Waals surface area (Å²) in [5.74, 6) is -0.216. The minimum atomic E-state index is -0.216. The van der Waals surface area contributed by atoms with E-state index in [1.165, 1.54) is 5.56 Å². The summed E-state index contributed by atoms with van der Waals surface area (Å²) in [4.78, 5) is 12.2. The Balaban J connectivity index is 1.79. The van der Waals surface area contributed by atoms with E-state index in [0.717, 1.165) is 26.2 Å². The van der Waals surface area contributed by atoms with Gasteiger partial charge in [0.05, 0.1) is 6.21 Å². The van der Waals surface area contributed by atoms with Crippen molar-refractivity contribution in [3.05, 3.63) is 86.2 Å². The van der Waals surface area contributed by atoms with E-state index >= 15 is 0 Å². The number of nitrogens with zero attached hydrogens (tertiary/aromatic N) is 2. The van der Waals surface area contributed by atoms with Crippen LogP contribution in [0.1, 0.15) is 32.9 Å². The van der Waals surface area contributed by atoms with Crippen molar-refractivity contribution in [2.45, 2.75) is 20.8 Å². The van der Waals surface area contributed by atoms with Gasteiger partial charge in [0.25, 0.3) is 5.91 Å². The van der Waals surface area contributed by atoms with Crippen LogP contribution in [0.2, 0.25) is 0 Å². The summed E-state index contributed by atoms with van der Waals surface area (Å²) in [7, 11) is 0. The van der Waals surface area contributed by atoms with E-state index in [1.807, 2.05) is 18.2 Å². The quantitative estimate of drug-likeness (QED) is 0.343. The summed E-state index contributed by atoms with van der Waals surface area (Å²) in [5, 5.41) is 4.13. The van der Waals surface area contributed by atoms with Crippen LogP contribution in [-0.2, 0) is 0 Å². The van der Waals surface area contributed by atoms with E-state index in [9.17, 15) is 4.79 Å². The first-order chi connectivity index (χ1) is 12.5. The van der Waals surface area contributed by atoms with Crippen molar-refractivity contribution in [3.63, 3.8) is 0 Å². The van der Waals surface area contributed by atoms with Gasteiger partial charge in [-0.2, -0.15) is 5.10 Å². The molecule has 0 unspecified atom stereocenters. The molecule has 0 fully saturated rings. The summed E-state index contributed by atoms with van der Waals surface area (Å²) in [6.45, 7) is 6.20. The van der Waals surface area contributed by atoms with Crippen molar-refractivity contribution in [1.82, 2.24) is 9.99 Å². The Kier molecular flexibility index (Phi) is 5.56. The lowest BCUT2D eigenvalue weighted by Crippen LogP contribution is -2.17. The average Bonchev–Trinajstić information content (AvgIpc) is 2.88. The Morgan fingerprint density at radius 1 is 1.08 bits per heavy atom. The standard InChI is InChI=1S/C21H20IN3O/c1-14-6-4-9-20(10-14)25-15(2)11-18(16(25)3)13-23-24-21(26)17-7-5-8-19(22)12-17/h4-13H,1-3H3,(H,24,26)/b23-13-. The monoisotopic (exact) mass is 457 g/mol. The van der Waals surface area contributed by atoms with Gasteiger partial charge in [-0.3, -0.25) is 4.79 Å². The molecule has 0 saturated carbocycles. The smallest absolute Gasteiger partial charge is 0.271 e. The van der Waals surface area contributed by atoms with Crippen LogP contribution in [0.3, 0.4) is 0 Å². The van der Waals surface area contributed by atoms with Crippen LogP contribution in [0.5, 0.6) is 0 Å². The number of halogens is 1. The van der Waals surface area contributed by atoms with E-state index in [-0.39, 0.29) is 5.91 Å². The first-order valence-corrected chi connectivity index (χ1v) is 9.38. The number of aromatic nitrogens is 1. The summed E-state index contributed by atoms with van der Waals surface area (Å²) in [6.07, 6.45) is 1.69. The summed E-state index contributed by atoms with van der Waals surface area (Å²) >= 11 is 2.18. The lowest BCUT2D eigenvalue weighted by Gasteiger charge is -2.10. The Labute approximate surface area is 167 Å². The molecule has 3 rings (SSSR count). The fourth-order valence-corrected chi connectivity index (χ4v) is 3.48. The highest BCUT2D eigenvalue weighted by Crippen LogP contribution is 2.20. The third-order valence-corrected chi connectivity index (χ3v) is 4.86. The second-order valence-corrected chi connectivity index (χ2v) is 7.46.